The number of likely N-dealkylation sites (tertiary alicyclic amines) is 1. The average Bonchev–Trinajstić information content (AvgIpc) is 2.64. The van der Waals surface area contributed by atoms with Crippen molar-refractivity contribution in [3.63, 3.8) is 0 Å². The number of unbranched alkanes of at least 4 members (excludes halogenated alkanes) is 2. The summed E-state index contributed by atoms with van der Waals surface area (Å²) in [5.74, 6) is 0.925. The van der Waals surface area contributed by atoms with Gasteiger partial charge < -0.3 is 24.6 Å². The summed E-state index contributed by atoms with van der Waals surface area (Å²) in [7, 11) is 2.39. The molecule has 1 fully saturated rings. The van der Waals surface area contributed by atoms with Gasteiger partial charge >= 0.3 is 0 Å². The number of nitrogen functional groups attached to an aromatic ring is 1. The Hall–Kier alpha value is -1.46. The highest BCUT2D eigenvalue weighted by Gasteiger charge is 2.24. The van der Waals surface area contributed by atoms with Gasteiger partial charge in [-0.15, -0.1) is 0 Å². The molecule has 0 saturated carbocycles. The van der Waals surface area contributed by atoms with Gasteiger partial charge in [0.15, 0.2) is 0 Å². The topological polar surface area (TPSA) is 47.7 Å². The summed E-state index contributed by atoms with van der Waals surface area (Å²) >= 11 is 0. The quantitative estimate of drug-likeness (QED) is 0.416. The summed E-state index contributed by atoms with van der Waals surface area (Å²) < 4.78 is 12.8. The van der Waals surface area contributed by atoms with Crippen molar-refractivity contribution in [1.82, 2.24) is 0 Å². The number of fused-ring (bicyclic) bond motifs is 1. The van der Waals surface area contributed by atoms with Crippen LogP contribution in [0.1, 0.15) is 38.5 Å². The third-order valence-electron chi connectivity index (χ3n) is 5.83. The molecule has 5 nitrogen and oxygen atoms in total. The highest BCUT2D eigenvalue weighted by molar-refractivity contribution is 5.64. The Bertz CT molecular complexity index is 558. The van der Waals surface area contributed by atoms with Gasteiger partial charge in [-0.05, 0) is 50.7 Å². The molecule has 1 saturated heterocycles. The standard InChI is InChI=1S/C21H36N3O2/c1-24(12-5-3-6-13-24)14-17-25-15-7-2-4-10-23-11-16-26-21-18-19(22)8-9-20(21)23/h8-9,18H,2-7,10-17,22H2,1H3/q+1. The number of rotatable bonds is 9. The van der Waals surface area contributed by atoms with Gasteiger partial charge in [0.1, 0.15) is 18.9 Å². The fourth-order valence-electron chi connectivity index (χ4n) is 4.10. The van der Waals surface area contributed by atoms with Crippen LogP contribution in [-0.4, -0.2) is 64.1 Å². The first-order valence-corrected chi connectivity index (χ1v) is 10.3. The van der Waals surface area contributed by atoms with Crippen molar-refractivity contribution in [2.24, 2.45) is 0 Å². The summed E-state index contributed by atoms with van der Waals surface area (Å²) in [6, 6.07) is 5.97. The predicted octanol–water partition coefficient (Wildman–Crippen LogP) is 3.29. The summed E-state index contributed by atoms with van der Waals surface area (Å²) in [6.07, 6.45) is 7.74. The summed E-state index contributed by atoms with van der Waals surface area (Å²) in [4.78, 5) is 2.42. The van der Waals surface area contributed by atoms with E-state index in [-0.39, 0.29) is 0 Å². The molecule has 0 unspecified atom stereocenters. The number of ether oxygens (including phenoxy) is 2. The van der Waals surface area contributed by atoms with Crippen LogP contribution in [0.3, 0.4) is 0 Å². The molecule has 2 aliphatic rings. The Labute approximate surface area is 158 Å². The smallest absolute Gasteiger partial charge is 0.144 e. The molecule has 2 aliphatic heterocycles. The SMILES string of the molecule is C[N+]1(CCOCCCCCN2CCOc3cc(N)ccc32)CCCCC1. The van der Waals surface area contributed by atoms with Gasteiger partial charge in [-0.1, -0.05) is 0 Å². The number of benzene rings is 1. The Morgan fingerprint density at radius 2 is 1.96 bits per heavy atom. The number of piperidine rings is 1. The fourth-order valence-corrected chi connectivity index (χ4v) is 4.10. The van der Waals surface area contributed by atoms with Crippen LogP contribution in [0, 0.1) is 0 Å². The third kappa shape index (κ3) is 5.52. The Kier molecular flexibility index (Phi) is 7.03. The number of anilines is 2. The lowest BCUT2D eigenvalue weighted by atomic mass is 10.1. The van der Waals surface area contributed by atoms with Crippen LogP contribution in [0.15, 0.2) is 18.2 Å². The minimum Gasteiger partial charge on any atom is -0.489 e. The van der Waals surface area contributed by atoms with Crippen molar-refractivity contribution >= 4 is 11.4 Å². The molecule has 0 aromatic heterocycles. The second kappa shape index (κ2) is 9.47. The van der Waals surface area contributed by atoms with Crippen LogP contribution in [0.25, 0.3) is 0 Å². The van der Waals surface area contributed by atoms with E-state index in [0.29, 0.717) is 0 Å². The van der Waals surface area contributed by atoms with Gasteiger partial charge in [0, 0.05) is 24.9 Å². The zero-order chi connectivity index (χ0) is 18.2. The van der Waals surface area contributed by atoms with Crippen LogP contribution >= 0.6 is 0 Å². The largest absolute Gasteiger partial charge is 0.489 e. The summed E-state index contributed by atoms with van der Waals surface area (Å²) in [6.45, 7) is 8.43. The molecule has 0 aliphatic carbocycles. The molecule has 0 spiro atoms. The maximum Gasteiger partial charge on any atom is 0.144 e. The van der Waals surface area contributed by atoms with Gasteiger partial charge in [-0.2, -0.15) is 0 Å². The first kappa shape index (κ1) is 19.3. The molecule has 2 heterocycles. The molecule has 2 N–H and O–H groups in total. The second-order valence-electron chi connectivity index (χ2n) is 8.09. The number of quaternary nitrogens is 1. The van der Waals surface area contributed by atoms with Crippen molar-refractivity contribution in [2.75, 3.05) is 70.2 Å². The van der Waals surface area contributed by atoms with Gasteiger partial charge in [-0.25, -0.2) is 0 Å². The lowest BCUT2D eigenvalue weighted by molar-refractivity contribution is -0.914. The maximum absolute atomic E-state index is 5.90. The van der Waals surface area contributed by atoms with E-state index in [0.717, 1.165) is 50.8 Å². The van der Waals surface area contributed by atoms with Crippen LogP contribution in [0.5, 0.6) is 5.75 Å². The van der Waals surface area contributed by atoms with Crippen molar-refractivity contribution < 1.29 is 14.0 Å². The minimum atomic E-state index is 0.747. The first-order valence-electron chi connectivity index (χ1n) is 10.3. The highest BCUT2D eigenvalue weighted by atomic mass is 16.5. The molecule has 0 amide bonds. The molecule has 0 radical (unpaired) electrons. The number of nitrogens with two attached hydrogens (primary N) is 1. The molecule has 3 rings (SSSR count). The minimum absolute atomic E-state index is 0.747. The second-order valence-corrected chi connectivity index (χ2v) is 8.09. The number of hydrogen-bond acceptors (Lipinski definition) is 4. The average molecular weight is 363 g/mol. The van der Waals surface area contributed by atoms with E-state index < -0.39 is 0 Å². The van der Waals surface area contributed by atoms with E-state index in [9.17, 15) is 0 Å². The lowest BCUT2D eigenvalue weighted by Gasteiger charge is -2.37. The van der Waals surface area contributed by atoms with Crippen molar-refractivity contribution in [2.45, 2.75) is 38.5 Å². The van der Waals surface area contributed by atoms with Gasteiger partial charge in [0.25, 0.3) is 0 Å². The molecule has 5 heteroatoms. The van der Waals surface area contributed by atoms with Crippen LogP contribution in [0.2, 0.25) is 0 Å². The summed E-state index contributed by atoms with van der Waals surface area (Å²) in [5, 5.41) is 0. The van der Waals surface area contributed by atoms with Gasteiger partial charge in [-0.3, -0.25) is 0 Å². The Morgan fingerprint density at radius 3 is 2.81 bits per heavy atom. The fraction of sp³-hybridized carbons (Fsp3) is 0.714. The van der Waals surface area contributed by atoms with E-state index in [4.69, 9.17) is 15.2 Å². The first-order chi connectivity index (χ1) is 12.7. The van der Waals surface area contributed by atoms with Crippen molar-refractivity contribution in [3.05, 3.63) is 18.2 Å². The molecular formula is C21H36N3O2+. The molecule has 26 heavy (non-hydrogen) atoms. The molecule has 0 bridgehead atoms. The third-order valence-corrected chi connectivity index (χ3v) is 5.83. The Balaban J connectivity index is 1.26. The highest BCUT2D eigenvalue weighted by Crippen LogP contribution is 2.33. The van der Waals surface area contributed by atoms with E-state index in [1.54, 1.807) is 0 Å². The predicted molar refractivity (Wildman–Crippen MR) is 108 cm³/mol. The molecular weight excluding hydrogens is 326 g/mol. The molecule has 146 valence electrons. The summed E-state index contributed by atoms with van der Waals surface area (Å²) in [5.41, 5.74) is 7.80. The number of likely N-dealkylation sites (N-methyl/N-ethyl adjacent to an activating group) is 1. The van der Waals surface area contributed by atoms with Gasteiger partial charge in [0.05, 0.1) is 39.0 Å². The number of hydrogen-bond donors (Lipinski definition) is 1. The molecule has 1 aromatic rings. The zero-order valence-electron chi connectivity index (χ0n) is 16.4. The van der Waals surface area contributed by atoms with Crippen LogP contribution in [-0.2, 0) is 4.74 Å². The zero-order valence-corrected chi connectivity index (χ0v) is 16.4. The molecule has 1 aromatic carbocycles. The van der Waals surface area contributed by atoms with Crippen LogP contribution < -0.4 is 15.4 Å². The van der Waals surface area contributed by atoms with E-state index >= 15 is 0 Å². The van der Waals surface area contributed by atoms with Crippen molar-refractivity contribution in [1.29, 1.82) is 0 Å². The number of nitrogens with zero attached hydrogens (tertiary/aromatic N) is 2. The Morgan fingerprint density at radius 1 is 1.12 bits per heavy atom. The monoisotopic (exact) mass is 362 g/mol. The normalized spacial score (nSPS) is 19.0. The lowest BCUT2D eigenvalue weighted by Crippen LogP contribution is -2.49. The molecule has 0 atom stereocenters. The van der Waals surface area contributed by atoms with E-state index in [1.165, 1.54) is 61.9 Å². The van der Waals surface area contributed by atoms with Gasteiger partial charge in [0.2, 0.25) is 0 Å². The van der Waals surface area contributed by atoms with E-state index in [1.807, 2.05) is 12.1 Å². The van der Waals surface area contributed by atoms with Crippen LogP contribution in [0.4, 0.5) is 11.4 Å². The van der Waals surface area contributed by atoms with Crippen molar-refractivity contribution in [3.8, 4) is 5.75 Å². The van der Waals surface area contributed by atoms with E-state index in [2.05, 4.69) is 18.0 Å². The maximum atomic E-state index is 5.90.